The smallest absolute Gasteiger partial charge is 0.335 e. The Bertz CT molecular complexity index is 771. The van der Waals surface area contributed by atoms with Gasteiger partial charge in [-0.05, 0) is 52.9 Å². The van der Waals surface area contributed by atoms with Crippen molar-refractivity contribution in [3.63, 3.8) is 0 Å². The van der Waals surface area contributed by atoms with E-state index < -0.39 is 5.97 Å². The van der Waals surface area contributed by atoms with Gasteiger partial charge in [0.05, 0.1) is 5.56 Å². The molecule has 3 aromatic rings. The molecule has 1 aliphatic rings. The first-order chi connectivity index (χ1) is 10.8. The van der Waals surface area contributed by atoms with Crippen LogP contribution in [0.25, 0.3) is 11.1 Å². The predicted octanol–water partition coefficient (Wildman–Crippen LogP) is 4.04. The van der Waals surface area contributed by atoms with E-state index in [1.54, 1.807) is 24.5 Å². The van der Waals surface area contributed by atoms with Gasteiger partial charge in [-0.2, -0.15) is 0 Å². The fourth-order valence-electron chi connectivity index (χ4n) is 2.57. The number of carboxylic acid groups (broad SMARTS) is 1. The number of aromatic carboxylic acids is 1. The molecule has 0 atom stereocenters. The summed E-state index contributed by atoms with van der Waals surface area (Å²) in [7, 11) is 0. The van der Waals surface area contributed by atoms with Crippen molar-refractivity contribution in [2.24, 2.45) is 0 Å². The van der Waals surface area contributed by atoms with E-state index in [4.69, 9.17) is 5.11 Å². The SMILES string of the molecule is O=C(O)c1ccc2c(c1)-c1ccccc1C2.c1ccncc1. The van der Waals surface area contributed by atoms with Gasteiger partial charge < -0.3 is 5.11 Å². The van der Waals surface area contributed by atoms with Crippen LogP contribution in [0.1, 0.15) is 21.5 Å². The van der Waals surface area contributed by atoms with Gasteiger partial charge in [0.1, 0.15) is 0 Å². The van der Waals surface area contributed by atoms with Gasteiger partial charge in [0.25, 0.3) is 0 Å². The van der Waals surface area contributed by atoms with Crippen molar-refractivity contribution in [1.82, 2.24) is 4.98 Å². The molecule has 1 N–H and O–H groups in total. The molecule has 0 aliphatic heterocycles. The summed E-state index contributed by atoms with van der Waals surface area (Å²) in [5, 5.41) is 8.96. The summed E-state index contributed by atoms with van der Waals surface area (Å²) < 4.78 is 0. The van der Waals surface area contributed by atoms with Crippen LogP contribution in [0.4, 0.5) is 0 Å². The summed E-state index contributed by atoms with van der Waals surface area (Å²) in [4.78, 5) is 14.7. The van der Waals surface area contributed by atoms with Crippen molar-refractivity contribution >= 4 is 5.97 Å². The van der Waals surface area contributed by atoms with E-state index in [1.165, 1.54) is 16.7 Å². The fraction of sp³-hybridized carbons (Fsp3) is 0.0526. The highest BCUT2D eigenvalue weighted by Gasteiger charge is 2.18. The average Bonchev–Trinajstić information content (AvgIpc) is 2.95. The Kier molecular flexibility index (Phi) is 3.97. The van der Waals surface area contributed by atoms with E-state index in [2.05, 4.69) is 11.1 Å². The number of hydrogen-bond donors (Lipinski definition) is 1. The number of benzene rings is 2. The van der Waals surface area contributed by atoms with Crippen LogP contribution >= 0.6 is 0 Å². The minimum absolute atomic E-state index is 0.357. The Morgan fingerprint density at radius 1 is 0.864 bits per heavy atom. The molecule has 0 saturated heterocycles. The monoisotopic (exact) mass is 289 g/mol. The van der Waals surface area contributed by atoms with Crippen LogP contribution in [0, 0.1) is 0 Å². The Morgan fingerprint density at radius 3 is 2.23 bits per heavy atom. The molecule has 1 aliphatic carbocycles. The van der Waals surface area contributed by atoms with Crippen LogP contribution in [-0.4, -0.2) is 16.1 Å². The molecule has 3 nitrogen and oxygen atoms in total. The number of pyridine rings is 1. The summed E-state index contributed by atoms with van der Waals surface area (Å²) in [6.45, 7) is 0. The van der Waals surface area contributed by atoms with Crippen LogP contribution in [0.2, 0.25) is 0 Å². The summed E-state index contributed by atoms with van der Waals surface area (Å²) >= 11 is 0. The van der Waals surface area contributed by atoms with E-state index in [1.807, 2.05) is 42.5 Å². The zero-order valence-electron chi connectivity index (χ0n) is 11.9. The summed E-state index contributed by atoms with van der Waals surface area (Å²) in [5.74, 6) is -0.868. The highest BCUT2D eigenvalue weighted by molar-refractivity contribution is 5.91. The zero-order chi connectivity index (χ0) is 15.4. The Hall–Kier alpha value is -2.94. The third-order valence-electron chi connectivity index (χ3n) is 3.61. The molecule has 0 saturated carbocycles. The molecule has 0 unspecified atom stereocenters. The number of nitrogens with zero attached hydrogens (tertiary/aromatic N) is 1. The van der Waals surface area contributed by atoms with Crippen LogP contribution < -0.4 is 0 Å². The lowest BCUT2D eigenvalue weighted by molar-refractivity contribution is 0.0697. The first-order valence-electron chi connectivity index (χ1n) is 7.05. The molecule has 1 aromatic heterocycles. The Morgan fingerprint density at radius 2 is 1.59 bits per heavy atom. The fourth-order valence-corrected chi connectivity index (χ4v) is 2.57. The van der Waals surface area contributed by atoms with Gasteiger partial charge in [-0.25, -0.2) is 4.79 Å². The molecule has 0 bridgehead atoms. The number of carboxylic acids is 1. The maximum atomic E-state index is 10.9. The molecule has 1 heterocycles. The van der Waals surface area contributed by atoms with Crippen molar-refractivity contribution in [2.75, 3.05) is 0 Å². The van der Waals surface area contributed by atoms with E-state index in [0.29, 0.717) is 5.56 Å². The van der Waals surface area contributed by atoms with Crippen LogP contribution in [0.5, 0.6) is 0 Å². The van der Waals surface area contributed by atoms with Gasteiger partial charge >= 0.3 is 5.97 Å². The number of carbonyl (C=O) groups is 1. The van der Waals surface area contributed by atoms with Gasteiger partial charge in [-0.15, -0.1) is 0 Å². The third kappa shape index (κ3) is 2.88. The van der Waals surface area contributed by atoms with Gasteiger partial charge in [-0.3, -0.25) is 4.98 Å². The topological polar surface area (TPSA) is 50.2 Å². The van der Waals surface area contributed by atoms with Gasteiger partial charge in [-0.1, -0.05) is 36.4 Å². The highest BCUT2D eigenvalue weighted by Crippen LogP contribution is 2.36. The number of fused-ring (bicyclic) bond motifs is 3. The van der Waals surface area contributed by atoms with Gasteiger partial charge in [0.15, 0.2) is 0 Å². The lowest BCUT2D eigenvalue weighted by Crippen LogP contribution is -1.96. The number of hydrogen-bond acceptors (Lipinski definition) is 2. The van der Waals surface area contributed by atoms with Crippen LogP contribution in [-0.2, 0) is 6.42 Å². The van der Waals surface area contributed by atoms with Crippen molar-refractivity contribution in [1.29, 1.82) is 0 Å². The largest absolute Gasteiger partial charge is 0.478 e. The number of rotatable bonds is 1. The first kappa shape index (κ1) is 14.0. The van der Waals surface area contributed by atoms with E-state index >= 15 is 0 Å². The molecular weight excluding hydrogens is 274 g/mol. The molecule has 3 heteroatoms. The van der Waals surface area contributed by atoms with E-state index in [-0.39, 0.29) is 0 Å². The summed E-state index contributed by atoms with van der Waals surface area (Å²) in [6.07, 6.45) is 4.41. The maximum absolute atomic E-state index is 10.9. The minimum Gasteiger partial charge on any atom is -0.478 e. The van der Waals surface area contributed by atoms with Gasteiger partial charge in [0.2, 0.25) is 0 Å². The van der Waals surface area contributed by atoms with Crippen molar-refractivity contribution in [3.8, 4) is 11.1 Å². The second kappa shape index (κ2) is 6.22. The van der Waals surface area contributed by atoms with Crippen molar-refractivity contribution in [3.05, 3.63) is 89.7 Å². The average molecular weight is 289 g/mol. The summed E-state index contributed by atoms with van der Waals surface area (Å²) in [6, 6.07) is 19.2. The van der Waals surface area contributed by atoms with Crippen molar-refractivity contribution < 1.29 is 9.90 Å². The van der Waals surface area contributed by atoms with E-state index in [0.717, 1.165) is 12.0 Å². The molecule has 2 aromatic carbocycles. The molecule has 0 radical (unpaired) electrons. The Balaban J connectivity index is 0.000000202. The first-order valence-corrected chi connectivity index (χ1v) is 7.05. The summed E-state index contributed by atoms with van der Waals surface area (Å²) in [5.41, 5.74) is 5.08. The third-order valence-corrected chi connectivity index (χ3v) is 3.61. The van der Waals surface area contributed by atoms with E-state index in [9.17, 15) is 4.79 Å². The zero-order valence-corrected chi connectivity index (χ0v) is 11.9. The molecular formula is C19H15NO2. The second-order valence-corrected chi connectivity index (χ2v) is 5.04. The van der Waals surface area contributed by atoms with Crippen molar-refractivity contribution in [2.45, 2.75) is 6.42 Å². The second-order valence-electron chi connectivity index (χ2n) is 5.04. The minimum atomic E-state index is -0.868. The lowest BCUT2D eigenvalue weighted by Gasteiger charge is -2.01. The Labute approximate surface area is 128 Å². The maximum Gasteiger partial charge on any atom is 0.335 e. The predicted molar refractivity (Wildman–Crippen MR) is 85.9 cm³/mol. The normalized spacial score (nSPS) is 10.9. The molecule has 0 fully saturated rings. The molecule has 108 valence electrons. The van der Waals surface area contributed by atoms with Crippen LogP contribution in [0.15, 0.2) is 73.1 Å². The lowest BCUT2D eigenvalue weighted by atomic mass is 10.0. The quantitative estimate of drug-likeness (QED) is 0.575. The van der Waals surface area contributed by atoms with Crippen LogP contribution in [0.3, 0.4) is 0 Å². The van der Waals surface area contributed by atoms with Gasteiger partial charge in [0, 0.05) is 12.4 Å². The molecule has 0 amide bonds. The highest BCUT2D eigenvalue weighted by atomic mass is 16.4. The molecule has 4 rings (SSSR count). The standard InChI is InChI=1S/C14H10O2.C5H5N/c15-14(16)11-6-5-10-7-9-3-1-2-4-12(9)13(10)8-11;1-2-4-6-5-3-1/h1-6,8H,7H2,(H,15,16);1-5H. The molecule has 0 spiro atoms. The number of aromatic nitrogens is 1. The molecule has 22 heavy (non-hydrogen) atoms.